The smallest absolute Gasteiger partial charge is 0.223 e. The Balaban J connectivity index is 1.25. The van der Waals surface area contributed by atoms with Gasteiger partial charge in [-0.05, 0) is 67.1 Å². The van der Waals surface area contributed by atoms with Crippen LogP contribution >= 0.6 is 34.5 Å². The highest BCUT2D eigenvalue weighted by atomic mass is 35.5. The molecule has 3 heterocycles. The molecule has 1 saturated heterocycles. The Kier molecular flexibility index (Phi) is 7.23. The molecule has 1 unspecified atom stereocenters. The molecule has 1 atom stereocenters. The molecule has 0 aliphatic carbocycles. The number of hydrogen-bond acceptors (Lipinski definition) is 6. The Bertz CT molecular complexity index is 958. The van der Waals surface area contributed by atoms with Crippen LogP contribution in [0.2, 0.25) is 10.0 Å². The van der Waals surface area contributed by atoms with Crippen molar-refractivity contribution >= 4 is 40.5 Å². The number of piperidine rings is 1. The van der Waals surface area contributed by atoms with Gasteiger partial charge in [-0.1, -0.05) is 29.3 Å². The molecule has 158 valence electrons. The summed E-state index contributed by atoms with van der Waals surface area (Å²) in [5.74, 6) is 1.12. The zero-order valence-corrected chi connectivity index (χ0v) is 18.9. The average Bonchev–Trinajstić information content (AvgIpc) is 3.30. The van der Waals surface area contributed by atoms with Gasteiger partial charge in [0, 0.05) is 36.3 Å². The first-order valence-electron chi connectivity index (χ1n) is 10.1. The van der Waals surface area contributed by atoms with Crippen molar-refractivity contribution in [2.45, 2.75) is 25.4 Å². The molecule has 1 aliphatic rings. The zero-order valence-electron chi connectivity index (χ0n) is 16.6. The monoisotopic (exact) mass is 461 g/mol. The molecule has 1 aliphatic heterocycles. The van der Waals surface area contributed by atoms with E-state index in [9.17, 15) is 0 Å². The van der Waals surface area contributed by atoms with Crippen molar-refractivity contribution in [3.63, 3.8) is 0 Å². The van der Waals surface area contributed by atoms with Gasteiger partial charge in [-0.15, -0.1) is 0 Å². The topological polar surface area (TPSA) is 67.1 Å². The van der Waals surface area contributed by atoms with Crippen molar-refractivity contribution in [2.24, 2.45) is 11.7 Å². The van der Waals surface area contributed by atoms with E-state index >= 15 is 0 Å². The summed E-state index contributed by atoms with van der Waals surface area (Å²) < 4.78 is 0. The van der Waals surface area contributed by atoms with Gasteiger partial charge >= 0.3 is 0 Å². The number of thiophene rings is 1. The predicted octanol–water partition coefficient (Wildman–Crippen LogP) is 5.16. The molecule has 1 aromatic carbocycles. The molecule has 8 heteroatoms. The van der Waals surface area contributed by atoms with Gasteiger partial charge in [-0.3, -0.25) is 4.90 Å². The number of nitrogens with two attached hydrogens (primary N) is 1. The molecule has 3 aromatic rings. The second-order valence-electron chi connectivity index (χ2n) is 7.68. The van der Waals surface area contributed by atoms with E-state index in [0.29, 0.717) is 28.5 Å². The van der Waals surface area contributed by atoms with E-state index in [0.717, 1.165) is 43.7 Å². The molecule has 4 rings (SSSR count). The normalized spacial score (nSPS) is 16.5. The number of nitrogens with one attached hydrogen (secondary N) is 1. The summed E-state index contributed by atoms with van der Waals surface area (Å²) in [5.41, 5.74) is 9.73. The minimum atomic E-state index is 0.0746. The lowest BCUT2D eigenvalue weighted by Crippen LogP contribution is -2.43. The summed E-state index contributed by atoms with van der Waals surface area (Å²) in [4.78, 5) is 11.4. The lowest BCUT2D eigenvalue weighted by Gasteiger charge is -2.34. The Labute approximate surface area is 191 Å². The fourth-order valence-corrected chi connectivity index (χ4v) is 4.80. The molecular formula is C22H25Cl2N5S. The van der Waals surface area contributed by atoms with Gasteiger partial charge in [-0.25, -0.2) is 9.97 Å². The maximum absolute atomic E-state index is 6.50. The third kappa shape index (κ3) is 5.50. The number of benzene rings is 1. The van der Waals surface area contributed by atoms with Crippen LogP contribution in [-0.4, -0.2) is 40.5 Å². The van der Waals surface area contributed by atoms with E-state index in [1.807, 2.05) is 29.6 Å². The van der Waals surface area contributed by atoms with Crippen LogP contribution < -0.4 is 11.1 Å². The molecule has 30 heavy (non-hydrogen) atoms. The van der Waals surface area contributed by atoms with E-state index in [-0.39, 0.29) is 6.04 Å². The molecule has 0 amide bonds. The van der Waals surface area contributed by atoms with Gasteiger partial charge in [0.1, 0.15) is 0 Å². The Morgan fingerprint density at radius 2 is 2.00 bits per heavy atom. The summed E-state index contributed by atoms with van der Waals surface area (Å²) in [7, 11) is 0. The van der Waals surface area contributed by atoms with Crippen LogP contribution in [0.3, 0.4) is 0 Å². The van der Waals surface area contributed by atoms with Gasteiger partial charge in [0.25, 0.3) is 0 Å². The predicted molar refractivity (Wildman–Crippen MR) is 126 cm³/mol. The van der Waals surface area contributed by atoms with Crippen molar-refractivity contribution < 1.29 is 0 Å². The van der Waals surface area contributed by atoms with Crippen LogP contribution in [0.5, 0.6) is 0 Å². The summed E-state index contributed by atoms with van der Waals surface area (Å²) in [6.07, 6.45) is 3.95. The first kappa shape index (κ1) is 21.5. The number of nitrogens with zero attached hydrogens (tertiary/aromatic N) is 3. The second-order valence-corrected chi connectivity index (χ2v) is 9.28. The van der Waals surface area contributed by atoms with Crippen LogP contribution in [0.4, 0.5) is 5.95 Å². The first-order valence-corrected chi connectivity index (χ1v) is 11.8. The Hall–Kier alpha value is -1.70. The quantitative estimate of drug-likeness (QED) is 0.508. The standard InChI is InChI=1S/C22H25Cl2N5S/c23-18-2-1-15(11-19(18)24)13-29-8-4-16(5-9-29)20(25)12-27-22-26-7-3-21(28-22)17-6-10-30-14-17/h1-3,6-7,10-11,14,16,20H,4-5,8-9,12-13,25H2,(H,26,27,28). The minimum absolute atomic E-state index is 0.0746. The lowest BCUT2D eigenvalue weighted by molar-refractivity contribution is 0.164. The summed E-state index contributed by atoms with van der Waals surface area (Å²) in [6, 6.07) is 9.93. The molecule has 0 saturated carbocycles. The van der Waals surface area contributed by atoms with Crippen molar-refractivity contribution in [1.29, 1.82) is 0 Å². The number of hydrogen-bond donors (Lipinski definition) is 2. The fraction of sp³-hybridized carbons (Fsp3) is 0.364. The van der Waals surface area contributed by atoms with Gasteiger partial charge in [0.2, 0.25) is 5.95 Å². The van der Waals surface area contributed by atoms with Crippen LogP contribution in [0.15, 0.2) is 47.3 Å². The van der Waals surface area contributed by atoms with Crippen LogP contribution in [0.1, 0.15) is 18.4 Å². The van der Waals surface area contributed by atoms with Crippen molar-refractivity contribution in [1.82, 2.24) is 14.9 Å². The number of rotatable bonds is 7. The SMILES string of the molecule is NC(CNc1nccc(-c2ccsc2)n1)C1CCN(Cc2ccc(Cl)c(Cl)c2)CC1. The molecular weight excluding hydrogens is 437 g/mol. The summed E-state index contributed by atoms with van der Waals surface area (Å²) in [5, 5.41) is 8.67. The number of aromatic nitrogens is 2. The molecule has 5 nitrogen and oxygen atoms in total. The van der Waals surface area contributed by atoms with Crippen molar-refractivity contribution in [3.8, 4) is 11.3 Å². The van der Waals surface area contributed by atoms with E-state index in [2.05, 4.69) is 31.6 Å². The molecule has 0 bridgehead atoms. The number of anilines is 1. The van der Waals surface area contributed by atoms with Gasteiger partial charge in [0.05, 0.1) is 15.7 Å². The number of likely N-dealkylation sites (tertiary alicyclic amines) is 1. The first-order chi connectivity index (χ1) is 14.6. The van der Waals surface area contributed by atoms with Crippen LogP contribution in [-0.2, 0) is 6.54 Å². The van der Waals surface area contributed by atoms with Crippen LogP contribution in [0.25, 0.3) is 11.3 Å². The zero-order chi connectivity index (χ0) is 20.9. The second kappa shape index (κ2) is 10.1. The molecule has 3 N–H and O–H groups in total. The molecule has 0 spiro atoms. The summed E-state index contributed by atoms with van der Waals surface area (Å²) in [6.45, 7) is 3.62. The van der Waals surface area contributed by atoms with Crippen LogP contribution in [0, 0.1) is 5.92 Å². The number of halogens is 2. The van der Waals surface area contributed by atoms with Gasteiger partial charge in [0.15, 0.2) is 0 Å². The van der Waals surface area contributed by atoms with Crippen molar-refractivity contribution in [2.75, 3.05) is 25.0 Å². The van der Waals surface area contributed by atoms with E-state index in [1.165, 1.54) is 5.56 Å². The largest absolute Gasteiger partial charge is 0.353 e. The Morgan fingerprint density at radius 1 is 1.17 bits per heavy atom. The molecule has 1 fully saturated rings. The Morgan fingerprint density at radius 3 is 2.73 bits per heavy atom. The molecule has 0 radical (unpaired) electrons. The third-order valence-corrected chi connectivity index (χ3v) is 7.02. The highest BCUT2D eigenvalue weighted by Crippen LogP contribution is 2.26. The maximum atomic E-state index is 6.50. The minimum Gasteiger partial charge on any atom is -0.353 e. The maximum Gasteiger partial charge on any atom is 0.223 e. The highest BCUT2D eigenvalue weighted by molar-refractivity contribution is 7.08. The van der Waals surface area contributed by atoms with E-state index in [4.69, 9.17) is 28.9 Å². The van der Waals surface area contributed by atoms with Gasteiger partial charge < -0.3 is 11.1 Å². The van der Waals surface area contributed by atoms with Gasteiger partial charge in [-0.2, -0.15) is 11.3 Å². The fourth-order valence-electron chi connectivity index (χ4n) is 3.83. The average molecular weight is 462 g/mol. The third-order valence-electron chi connectivity index (χ3n) is 5.60. The van der Waals surface area contributed by atoms with Crippen molar-refractivity contribution in [3.05, 3.63) is 62.9 Å². The van der Waals surface area contributed by atoms with E-state index in [1.54, 1.807) is 17.5 Å². The highest BCUT2D eigenvalue weighted by Gasteiger charge is 2.24. The lowest BCUT2D eigenvalue weighted by atomic mass is 9.89. The van der Waals surface area contributed by atoms with E-state index < -0.39 is 0 Å². The summed E-state index contributed by atoms with van der Waals surface area (Å²) >= 11 is 13.8. The molecule has 2 aromatic heterocycles.